The van der Waals surface area contributed by atoms with Gasteiger partial charge in [-0.25, -0.2) is 9.97 Å². The summed E-state index contributed by atoms with van der Waals surface area (Å²) in [5, 5.41) is 5.25. The second kappa shape index (κ2) is 11.1. The number of rotatable bonds is 5. The number of anilines is 2. The van der Waals surface area contributed by atoms with Gasteiger partial charge < -0.3 is 4.90 Å². The standard InChI is InChI=1S/C23H23Cl4N5OS2/c24-15-10-13(12-28-19(15)26)21(33)30-23-29-18(17-11-16(25)20(27)34-17)22(35-23)32-8-6-31(7-9-32)14-4-2-1-3-5-14/h10-12,14H,1-9H2,(H,29,30,33). The SMILES string of the molecule is O=C(Nc1nc(-c2cc(Cl)c(Cl)s2)c(N2CCN(C3CCCCC3)CC2)s1)c1cnc(Cl)c(Cl)c1. The summed E-state index contributed by atoms with van der Waals surface area (Å²) in [5.41, 5.74) is 1.09. The molecule has 0 unspecified atom stereocenters. The van der Waals surface area contributed by atoms with Crippen molar-refractivity contribution in [1.82, 2.24) is 14.9 Å². The number of hydrogen-bond donors (Lipinski definition) is 1. The van der Waals surface area contributed by atoms with E-state index in [0.29, 0.717) is 26.1 Å². The van der Waals surface area contributed by atoms with E-state index in [1.807, 2.05) is 6.07 Å². The number of nitrogens with one attached hydrogen (secondary N) is 1. The van der Waals surface area contributed by atoms with Crippen LogP contribution in [0.25, 0.3) is 10.6 Å². The second-order valence-corrected chi connectivity index (χ2v) is 12.5. The number of thiophene rings is 1. The van der Waals surface area contributed by atoms with Crippen molar-refractivity contribution in [3.63, 3.8) is 0 Å². The largest absolute Gasteiger partial charge is 0.359 e. The van der Waals surface area contributed by atoms with Crippen molar-refractivity contribution in [3.8, 4) is 10.6 Å². The lowest BCUT2D eigenvalue weighted by molar-refractivity contribution is 0.102. The minimum absolute atomic E-state index is 0.154. The Labute approximate surface area is 232 Å². The average molecular weight is 591 g/mol. The molecular formula is C23H23Cl4N5OS2. The number of hydrogen-bond acceptors (Lipinski definition) is 7. The van der Waals surface area contributed by atoms with E-state index < -0.39 is 0 Å². The molecule has 0 atom stereocenters. The lowest BCUT2D eigenvalue weighted by Crippen LogP contribution is -2.50. The quantitative estimate of drug-likeness (QED) is 0.310. The zero-order chi connectivity index (χ0) is 24.5. The van der Waals surface area contributed by atoms with Crippen molar-refractivity contribution in [1.29, 1.82) is 0 Å². The predicted molar refractivity (Wildman–Crippen MR) is 148 cm³/mol. The van der Waals surface area contributed by atoms with Crippen LogP contribution in [0, 0.1) is 0 Å². The van der Waals surface area contributed by atoms with Crippen LogP contribution < -0.4 is 10.2 Å². The van der Waals surface area contributed by atoms with E-state index in [1.54, 1.807) is 0 Å². The highest BCUT2D eigenvalue weighted by Gasteiger charge is 2.29. The minimum atomic E-state index is -0.354. The molecule has 2 fully saturated rings. The van der Waals surface area contributed by atoms with E-state index >= 15 is 0 Å². The fourth-order valence-corrected chi connectivity index (χ4v) is 7.38. The molecule has 0 radical (unpaired) electrons. The zero-order valence-electron chi connectivity index (χ0n) is 18.7. The Balaban J connectivity index is 1.38. The first kappa shape index (κ1) is 25.5. The van der Waals surface area contributed by atoms with E-state index in [9.17, 15) is 4.79 Å². The molecule has 0 bridgehead atoms. The van der Waals surface area contributed by atoms with E-state index in [0.717, 1.165) is 41.8 Å². The molecule has 1 aliphatic heterocycles. The van der Waals surface area contributed by atoms with Gasteiger partial charge >= 0.3 is 0 Å². The molecule has 35 heavy (non-hydrogen) atoms. The molecule has 1 saturated heterocycles. The van der Waals surface area contributed by atoms with E-state index in [-0.39, 0.29) is 16.1 Å². The Kier molecular flexibility index (Phi) is 8.08. The van der Waals surface area contributed by atoms with Crippen LogP contribution in [0.1, 0.15) is 42.5 Å². The van der Waals surface area contributed by atoms with Crippen molar-refractivity contribution < 1.29 is 4.79 Å². The van der Waals surface area contributed by atoms with Crippen LogP contribution in [0.2, 0.25) is 19.5 Å². The lowest BCUT2D eigenvalue weighted by Gasteiger charge is -2.41. The van der Waals surface area contributed by atoms with Gasteiger partial charge in [0.15, 0.2) is 5.13 Å². The smallest absolute Gasteiger partial charge is 0.259 e. The maximum atomic E-state index is 12.8. The molecule has 4 heterocycles. The maximum absolute atomic E-state index is 12.8. The summed E-state index contributed by atoms with van der Waals surface area (Å²) in [7, 11) is 0. The third-order valence-electron chi connectivity index (χ3n) is 6.46. The van der Waals surface area contributed by atoms with Crippen LogP contribution in [-0.2, 0) is 0 Å². The van der Waals surface area contributed by atoms with Crippen molar-refractivity contribution in [2.45, 2.75) is 38.1 Å². The molecule has 2 aliphatic rings. The number of carbonyl (C=O) groups excluding carboxylic acids is 1. The summed E-state index contributed by atoms with van der Waals surface area (Å²) >= 11 is 27.3. The van der Waals surface area contributed by atoms with Crippen LogP contribution in [0.3, 0.4) is 0 Å². The third-order valence-corrected chi connectivity index (χ3v) is 10.0. The Morgan fingerprint density at radius 1 is 0.971 bits per heavy atom. The van der Waals surface area contributed by atoms with Gasteiger partial charge in [-0.3, -0.25) is 15.0 Å². The van der Waals surface area contributed by atoms with Gasteiger partial charge in [-0.1, -0.05) is 77.0 Å². The first-order chi connectivity index (χ1) is 16.9. The molecule has 186 valence electrons. The van der Waals surface area contributed by atoms with Crippen molar-refractivity contribution in [2.75, 3.05) is 36.4 Å². The fourth-order valence-electron chi connectivity index (χ4n) is 4.65. The molecular weight excluding hydrogens is 568 g/mol. The van der Waals surface area contributed by atoms with Crippen LogP contribution in [-0.4, -0.2) is 53.0 Å². The number of carbonyl (C=O) groups is 1. The van der Waals surface area contributed by atoms with Gasteiger partial charge in [-0.2, -0.15) is 0 Å². The van der Waals surface area contributed by atoms with Crippen molar-refractivity contribution in [3.05, 3.63) is 43.4 Å². The molecule has 0 aromatic carbocycles. The third kappa shape index (κ3) is 5.74. The number of amides is 1. The number of thiazole rings is 1. The molecule has 1 N–H and O–H groups in total. The number of halogens is 4. The summed E-state index contributed by atoms with van der Waals surface area (Å²) in [5.74, 6) is -0.354. The number of pyridine rings is 1. The molecule has 6 nitrogen and oxygen atoms in total. The molecule has 0 spiro atoms. The number of aromatic nitrogens is 2. The minimum Gasteiger partial charge on any atom is -0.359 e. The topological polar surface area (TPSA) is 61.4 Å². The van der Waals surface area contributed by atoms with E-state index in [4.69, 9.17) is 51.4 Å². The second-order valence-electron chi connectivity index (χ2n) is 8.67. The molecule has 3 aromatic heterocycles. The zero-order valence-corrected chi connectivity index (χ0v) is 23.4. The summed E-state index contributed by atoms with van der Waals surface area (Å²) < 4.78 is 0.523. The normalized spacial score (nSPS) is 17.7. The first-order valence-electron chi connectivity index (χ1n) is 11.5. The van der Waals surface area contributed by atoms with E-state index in [1.165, 1.54) is 67.0 Å². The summed E-state index contributed by atoms with van der Waals surface area (Å²) in [6, 6.07) is 4.03. The Bertz CT molecular complexity index is 1200. The molecule has 3 aromatic rings. The van der Waals surface area contributed by atoms with Gasteiger partial charge in [0.1, 0.15) is 20.2 Å². The lowest BCUT2D eigenvalue weighted by atomic mass is 9.94. The van der Waals surface area contributed by atoms with Gasteiger partial charge in [-0.05, 0) is 25.0 Å². The number of nitrogens with zero attached hydrogens (tertiary/aromatic N) is 4. The summed E-state index contributed by atoms with van der Waals surface area (Å²) in [4.78, 5) is 27.4. The van der Waals surface area contributed by atoms with Crippen molar-refractivity contribution in [2.24, 2.45) is 0 Å². The van der Waals surface area contributed by atoms with E-state index in [2.05, 4.69) is 20.1 Å². The van der Waals surface area contributed by atoms with Crippen LogP contribution in [0.4, 0.5) is 10.1 Å². The first-order valence-corrected chi connectivity index (χ1v) is 14.6. The summed E-state index contributed by atoms with van der Waals surface area (Å²) in [6.07, 6.45) is 8.03. The van der Waals surface area contributed by atoms with Gasteiger partial charge in [-0.15, -0.1) is 11.3 Å². The molecule has 1 amide bonds. The monoisotopic (exact) mass is 589 g/mol. The van der Waals surface area contributed by atoms with Crippen molar-refractivity contribution >= 4 is 85.1 Å². The predicted octanol–water partition coefficient (Wildman–Crippen LogP) is 7.59. The summed E-state index contributed by atoms with van der Waals surface area (Å²) in [6.45, 7) is 3.85. The van der Waals surface area contributed by atoms with Crippen LogP contribution in [0.15, 0.2) is 18.3 Å². The average Bonchev–Trinajstić information content (AvgIpc) is 3.44. The van der Waals surface area contributed by atoms with Crippen LogP contribution in [0.5, 0.6) is 0 Å². The maximum Gasteiger partial charge on any atom is 0.259 e. The molecule has 12 heteroatoms. The van der Waals surface area contributed by atoms with Gasteiger partial charge in [0, 0.05) is 38.4 Å². The molecule has 1 saturated carbocycles. The highest BCUT2D eigenvalue weighted by Crippen LogP contribution is 2.45. The molecule has 1 aliphatic carbocycles. The highest BCUT2D eigenvalue weighted by molar-refractivity contribution is 7.22. The Morgan fingerprint density at radius 3 is 2.37 bits per heavy atom. The highest BCUT2D eigenvalue weighted by atomic mass is 35.5. The fraction of sp³-hybridized carbons (Fsp3) is 0.435. The Morgan fingerprint density at radius 2 is 1.71 bits per heavy atom. The van der Waals surface area contributed by atoms with Gasteiger partial charge in [0.2, 0.25) is 0 Å². The van der Waals surface area contributed by atoms with Gasteiger partial charge in [0.05, 0.1) is 20.5 Å². The molecule has 5 rings (SSSR count). The Hall–Kier alpha value is -1.13. The van der Waals surface area contributed by atoms with Crippen LogP contribution >= 0.6 is 69.1 Å². The number of piperazine rings is 1. The van der Waals surface area contributed by atoms with Gasteiger partial charge in [0.25, 0.3) is 5.91 Å².